The molecule has 0 atom stereocenters. The van der Waals surface area contributed by atoms with Gasteiger partial charge in [-0.25, -0.2) is 0 Å². The first-order valence-corrected chi connectivity index (χ1v) is 46.9. The van der Waals surface area contributed by atoms with Crippen LogP contribution in [0.4, 0.5) is 0 Å². The summed E-state index contributed by atoms with van der Waals surface area (Å²) in [7, 11) is 0. The minimum absolute atomic E-state index is 0.948. The second-order valence-electron chi connectivity index (χ2n) is 35.4. The van der Waals surface area contributed by atoms with Crippen LogP contribution in [0.1, 0.15) is 0 Å². The summed E-state index contributed by atoms with van der Waals surface area (Å²) in [6.45, 7) is 0. The largest absolute Gasteiger partial charge is 0.265 e. The zero-order valence-corrected chi connectivity index (χ0v) is 75.2. The van der Waals surface area contributed by atoms with Crippen LogP contribution >= 0.6 is 0 Å². The second kappa shape index (κ2) is 35.3. The van der Waals surface area contributed by atoms with Gasteiger partial charge in [0.2, 0.25) is 0 Å². The molecule has 0 unspecified atom stereocenters. The molecule has 0 bridgehead atoms. The molecule has 0 aliphatic carbocycles. The van der Waals surface area contributed by atoms with Gasteiger partial charge in [-0.05, 0) is 310 Å². The number of fused-ring (bicyclic) bond motifs is 14. The van der Waals surface area contributed by atoms with E-state index in [1.54, 1.807) is 0 Å². The van der Waals surface area contributed by atoms with Gasteiger partial charge in [0.05, 0.1) is 17.1 Å². The maximum absolute atomic E-state index is 4.95. The Labute approximate surface area is 798 Å². The van der Waals surface area contributed by atoms with Crippen LogP contribution in [0.2, 0.25) is 0 Å². The quantitative estimate of drug-likeness (QED) is 0.0896. The maximum Gasteiger partial charge on any atom is 0.0702 e. The average Bonchev–Trinajstić information content (AvgIpc) is 0.732. The molecule has 138 heavy (non-hydrogen) atoms. The van der Waals surface area contributed by atoms with Gasteiger partial charge >= 0.3 is 0 Å². The number of hydrogen-bond donors (Lipinski definition) is 0. The molecule has 6 heteroatoms. The molecule has 0 amide bonds. The summed E-state index contributed by atoms with van der Waals surface area (Å²) in [6.07, 6.45) is 16.8. The molecule has 27 aromatic rings. The molecule has 6 aromatic heterocycles. The van der Waals surface area contributed by atoms with E-state index in [9.17, 15) is 0 Å². The van der Waals surface area contributed by atoms with Gasteiger partial charge in [0.1, 0.15) is 0 Å². The fourth-order valence-corrected chi connectivity index (χ4v) is 21.1. The first kappa shape index (κ1) is 81.6. The van der Waals surface area contributed by atoms with E-state index < -0.39 is 0 Å². The second-order valence-corrected chi connectivity index (χ2v) is 35.4. The van der Waals surface area contributed by atoms with Gasteiger partial charge in [-0.1, -0.05) is 358 Å². The molecular formula is C132H84N6. The van der Waals surface area contributed by atoms with Crippen LogP contribution in [0, 0.1) is 0 Å². The van der Waals surface area contributed by atoms with Gasteiger partial charge in [-0.2, -0.15) is 0 Å². The van der Waals surface area contributed by atoms with Crippen LogP contribution in [0.15, 0.2) is 511 Å². The highest BCUT2D eigenvalue weighted by Gasteiger charge is 2.25. The number of aromatic nitrogens is 6. The van der Waals surface area contributed by atoms with Crippen molar-refractivity contribution in [3.8, 4) is 134 Å². The molecule has 0 N–H and O–H groups in total. The Bertz CT molecular complexity index is 9300. The molecule has 0 aliphatic heterocycles. The Morgan fingerprint density at radius 2 is 0.362 bits per heavy atom. The zero-order valence-electron chi connectivity index (χ0n) is 75.2. The minimum atomic E-state index is 0.948. The summed E-state index contributed by atoms with van der Waals surface area (Å²) in [5, 5.41) is 29.9. The van der Waals surface area contributed by atoms with E-state index in [-0.39, 0.29) is 0 Å². The lowest BCUT2D eigenvalue weighted by molar-refractivity contribution is 1.30. The van der Waals surface area contributed by atoms with Crippen molar-refractivity contribution in [3.63, 3.8) is 0 Å². The van der Waals surface area contributed by atoms with E-state index in [0.717, 1.165) is 67.2 Å². The monoisotopic (exact) mass is 1750 g/mol. The molecule has 6 heterocycles. The third kappa shape index (κ3) is 14.9. The number of pyridine rings is 6. The average molecular weight is 1750 g/mol. The van der Waals surface area contributed by atoms with Gasteiger partial charge in [-0.15, -0.1) is 0 Å². The summed E-state index contributed by atoms with van der Waals surface area (Å²) < 4.78 is 0. The topological polar surface area (TPSA) is 77.3 Å². The predicted octanol–water partition coefficient (Wildman–Crippen LogP) is 35.3. The zero-order chi connectivity index (χ0) is 91.4. The van der Waals surface area contributed by atoms with Crippen molar-refractivity contribution in [3.05, 3.63) is 511 Å². The van der Waals surface area contributed by atoms with Crippen LogP contribution < -0.4 is 0 Å². The third-order valence-corrected chi connectivity index (χ3v) is 27.6. The Kier molecular flexibility index (Phi) is 20.9. The molecule has 0 saturated heterocycles. The predicted molar refractivity (Wildman–Crippen MR) is 581 cm³/mol. The van der Waals surface area contributed by atoms with Crippen LogP contribution in [0.5, 0.6) is 0 Å². The third-order valence-electron chi connectivity index (χ3n) is 27.6. The first-order chi connectivity index (χ1) is 68.5. The SMILES string of the molecule is c1ccc(-c2c3ccccc3c(-c3cc4ccccc4c4ccccc34)c3cc(-c4ccc(-c5ccncc5)cn4)ccc23)cc1.c1ccc(-c2c3ccccc3c(-c3cc4ccccc4c4ccccc34)c3ccc(-c4ccc(-c5ccncc5)cn4)cc23)cc1.c1ccc2cc(-c3c4ccccc4c(-c4ccc5ccccc5c4)c4cc(-c5ccc(-c6ccncc6)cn5)ccc34)ccc2c1. The molecule has 0 fully saturated rings. The minimum Gasteiger partial charge on any atom is -0.265 e. The lowest BCUT2D eigenvalue weighted by Gasteiger charge is -2.20. The van der Waals surface area contributed by atoms with Gasteiger partial charge in [0.15, 0.2) is 0 Å². The standard InChI is InChI=1S/3C44H28N2/c1-3-9-32-25-35(15-13-29(32)7-1)43-38-11-5-6-12-39(38)44(36-16-14-30-8-2-4-10-33(30)26-36)41-27-34(17-19-40(41)43)42-20-18-37(28-46-42)31-21-23-45-24-22-31;1-2-10-30(11-3-1)43-37-16-8-9-17-38(37)44(40-26-31-12-4-5-13-34(31)35-14-6-7-15-36(35)40)39-20-18-32(27-41(39)43)42-21-19-33(28-46-42)29-22-24-45-25-23-29;1-2-10-30(11-3-1)43-37-16-8-9-17-38(37)44(40-26-31-12-4-5-13-34(31)35-14-6-7-15-36(35)40)41-27-32(18-20-39(41)43)42-21-19-33(28-46-42)29-22-24-45-25-23-29/h3*1-28H. The summed E-state index contributed by atoms with van der Waals surface area (Å²) in [4.78, 5) is 27.3. The lowest BCUT2D eigenvalue weighted by atomic mass is 9.83. The summed E-state index contributed by atoms with van der Waals surface area (Å²) >= 11 is 0. The van der Waals surface area contributed by atoms with Gasteiger partial charge in [-0.3, -0.25) is 29.9 Å². The number of rotatable bonds is 12. The molecule has 0 aliphatic rings. The van der Waals surface area contributed by atoms with E-state index in [1.807, 2.05) is 92.2 Å². The normalized spacial score (nSPS) is 11.5. The molecular weight excluding hydrogens is 1670 g/mol. The van der Waals surface area contributed by atoms with Crippen molar-refractivity contribution in [1.29, 1.82) is 0 Å². The summed E-state index contributed by atoms with van der Waals surface area (Å²) in [5.41, 5.74) is 27.6. The van der Waals surface area contributed by atoms with Crippen molar-refractivity contribution in [2.24, 2.45) is 0 Å². The Morgan fingerprint density at radius 3 is 0.717 bits per heavy atom. The fourth-order valence-electron chi connectivity index (χ4n) is 21.1. The van der Waals surface area contributed by atoms with Crippen LogP contribution in [0.25, 0.3) is 263 Å². The molecule has 6 nitrogen and oxygen atoms in total. The highest BCUT2D eigenvalue weighted by molar-refractivity contribution is 6.29. The maximum atomic E-state index is 4.95. The molecule has 0 radical (unpaired) electrons. The molecule has 642 valence electrons. The van der Waals surface area contributed by atoms with E-state index in [1.165, 1.54) is 196 Å². The fraction of sp³-hybridized carbons (Fsp3) is 0. The highest BCUT2D eigenvalue weighted by Crippen LogP contribution is 2.52. The van der Waals surface area contributed by atoms with E-state index in [0.29, 0.717) is 0 Å². The van der Waals surface area contributed by atoms with Crippen molar-refractivity contribution < 1.29 is 0 Å². The number of nitrogens with zero attached hydrogens (tertiary/aromatic N) is 6. The van der Waals surface area contributed by atoms with Crippen LogP contribution in [-0.4, -0.2) is 29.9 Å². The van der Waals surface area contributed by atoms with Crippen molar-refractivity contribution in [2.75, 3.05) is 0 Å². The van der Waals surface area contributed by atoms with E-state index in [2.05, 4.69) is 434 Å². The number of benzene rings is 21. The van der Waals surface area contributed by atoms with Crippen LogP contribution in [0.3, 0.4) is 0 Å². The Morgan fingerprint density at radius 1 is 0.116 bits per heavy atom. The smallest absolute Gasteiger partial charge is 0.0702 e. The van der Waals surface area contributed by atoms with Crippen molar-refractivity contribution >= 4 is 129 Å². The van der Waals surface area contributed by atoms with Gasteiger partial charge < -0.3 is 0 Å². The molecule has 21 aromatic carbocycles. The Balaban J connectivity index is 0.000000110. The first-order valence-electron chi connectivity index (χ1n) is 46.9. The molecule has 27 rings (SSSR count). The van der Waals surface area contributed by atoms with Crippen molar-refractivity contribution in [2.45, 2.75) is 0 Å². The number of hydrogen-bond acceptors (Lipinski definition) is 6. The van der Waals surface area contributed by atoms with Crippen LogP contribution in [-0.2, 0) is 0 Å². The summed E-state index contributed by atoms with van der Waals surface area (Å²) in [5.74, 6) is 0. The molecule has 0 spiro atoms. The van der Waals surface area contributed by atoms with E-state index >= 15 is 0 Å². The van der Waals surface area contributed by atoms with Gasteiger partial charge in [0, 0.05) is 89.2 Å². The lowest BCUT2D eigenvalue weighted by Crippen LogP contribution is -1.93. The van der Waals surface area contributed by atoms with E-state index in [4.69, 9.17) is 15.0 Å². The van der Waals surface area contributed by atoms with Gasteiger partial charge in [0.25, 0.3) is 0 Å². The Hall–Kier alpha value is -18.4. The summed E-state index contributed by atoms with van der Waals surface area (Å²) in [6, 6.07) is 164. The molecule has 0 saturated carbocycles. The highest BCUT2D eigenvalue weighted by atomic mass is 14.7. The van der Waals surface area contributed by atoms with Crippen molar-refractivity contribution in [1.82, 2.24) is 29.9 Å².